The molecule has 0 saturated carbocycles. The summed E-state index contributed by atoms with van der Waals surface area (Å²) < 4.78 is 17.8. The Hall–Kier alpha value is -1.97. The maximum Gasteiger partial charge on any atom is 0.337 e. The minimum Gasteiger partial charge on any atom is -0.465 e. The summed E-state index contributed by atoms with van der Waals surface area (Å²) in [6.45, 7) is 0. The Kier molecular flexibility index (Phi) is 4.15. The molecule has 1 aromatic carbocycles. The van der Waals surface area contributed by atoms with Gasteiger partial charge in [0.25, 0.3) is 0 Å². The first kappa shape index (κ1) is 13.1. The normalized spacial score (nSPS) is 13.6. The van der Waals surface area contributed by atoms with Gasteiger partial charge in [0.1, 0.15) is 11.9 Å². The van der Waals surface area contributed by atoms with Crippen molar-refractivity contribution in [3.8, 4) is 6.07 Å². The van der Waals surface area contributed by atoms with Gasteiger partial charge in [-0.25, -0.2) is 9.18 Å². The molecule has 6 heteroatoms. The highest BCUT2D eigenvalue weighted by atomic mass is 19.1. The number of ether oxygens (including phenoxy) is 1. The highest BCUT2D eigenvalue weighted by molar-refractivity contribution is 5.89. The zero-order valence-electron chi connectivity index (χ0n) is 8.92. The molecule has 0 aliphatic heterocycles. The predicted molar refractivity (Wildman–Crippen MR) is 54.3 cm³/mol. The van der Waals surface area contributed by atoms with Gasteiger partial charge >= 0.3 is 5.97 Å². The third kappa shape index (κ3) is 2.78. The van der Waals surface area contributed by atoms with Crippen molar-refractivity contribution in [3.05, 3.63) is 35.1 Å². The quantitative estimate of drug-likeness (QED) is 0.593. The Labute approximate surface area is 96.7 Å². The molecule has 0 spiro atoms. The van der Waals surface area contributed by atoms with Crippen LogP contribution in [-0.2, 0) is 4.74 Å². The number of benzene rings is 1. The number of hydrogen-bond acceptors (Lipinski definition) is 5. The second-order valence-electron chi connectivity index (χ2n) is 3.25. The van der Waals surface area contributed by atoms with Crippen LogP contribution >= 0.6 is 0 Å². The molecule has 1 rings (SSSR count). The highest BCUT2D eigenvalue weighted by Crippen LogP contribution is 2.21. The van der Waals surface area contributed by atoms with E-state index in [9.17, 15) is 14.3 Å². The first-order chi connectivity index (χ1) is 8.01. The van der Waals surface area contributed by atoms with Gasteiger partial charge in [-0.1, -0.05) is 0 Å². The number of carbonyl (C=O) groups excluding carboxylic acids is 1. The summed E-state index contributed by atoms with van der Waals surface area (Å²) in [4.78, 5) is 11.2. The molecular weight excluding hydrogens is 229 g/mol. The lowest BCUT2D eigenvalue weighted by atomic mass is 10.0. The first-order valence-electron chi connectivity index (χ1n) is 4.64. The Balaban J connectivity index is 3.15. The number of carbonyl (C=O) groups is 1. The van der Waals surface area contributed by atoms with Gasteiger partial charge in [-0.2, -0.15) is 5.26 Å². The summed E-state index contributed by atoms with van der Waals surface area (Å²) in [5, 5.41) is 27.0. The smallest absolute Gasteiger partial charge is 0.337 e. The van der Waals surface area contributed by atoms with Gasteiger partial charge in [0.05, 0.1) is 18.7 Å². The van der Waals surface area contributed by atoms with Gasteiger partial charge in [0.2, 0.25) is 0 Å². The molecule has 0 radical (unpaired) electrons. The van der Waals surface area contributed by atoms with Crippen molar-refractivity contribution >= 4 is 5.97 Å². The SMILES string of the molecule is COC(=O)c1ccc(F)c(C(O)C(O)C#N)c1. The lowest BCUT2D eigenvalue weighted by molar-refractivity contribution is 0.0498. The Morgan fingerprint density at radius 1 is 1.53 bits per heavy atom. The second kappa shape index (κ2) is 5.39. The average molecular weight is 239 g/mol. The van der Waals surface area contributed by atoms with Crippen molar-refractivity contribution in [1.82, 2.24) is 0 Å². The fraction of sp³-hybridized carbons (Fsp3) is 0.273. The molecule has 0 aliphatic rings. The van der Waals surface area contributed by atoms with Crippen LogP contribution < -0.4 is 0 Å². The van der Waals surface area contributed by atoms with Crippen LogP contribution in [-0.4, -0.2) is 29.4 Å². The van der Waals surface area contributed by atoms with Gasteiger partial charge in [-0.05, 0) is 18.2 Å². The average Bonchev–Trinajstić information content (AvgIpc) is 2.36. The molecule has 17 heavy (non-hydrogen) atoms. The molecule has 0 amide bonds. The Morgan fingerprint density at radius 2 is 2.18 bits per heavy atom. The van der Waals surface area contributed by atoms with Gasteiger partial charge < -0.3 is 14.9 Å². The van der Waals surface area contributed by atoms with Crippen molar-refractivity contribution < 1.29 is 24.1 Å². The molecule has 0 bridgehead atoms. The van der Waals surface area contributed by atoms with Crippen molar-refractivity contribution in [2.45, 2.75) is 12.2 Å². The molecule has 0 heterocycles. The number of hydrogen-bond donors (Lipinski definition) is 2. The maximum atomic E-state index is 13.4. The topological polar surface area (TPSA) is 90.6 Å². The van der Waals surface area contributed by atoms with E-state index in [2.05, 4.69) is 4.74 Å². The van der Waals surface area contributed by atoms with Crippen molar-refractivity contribution in [3.63, 3.8) is 0 Å². The predicted octanol–water partition coefficient (Wildman–Crippen LogP) is 0.530. The van der Waals surface area contributed by atoms with E-state index in [1.807, 2.05) is 0 Å². The monoisotopic (exact) mass is 239 g/mol. The van der Waals surface area contributed by atoms with Crippen LogP contribution in [0.4, 0.5) is 4.39 Å². The molecule has 2 unspecified atom stereocenters. The van der Waals surface area contributed by atoms with E-state index in [0.29, 0.717) is 0 Å². The van der Waals surface area contributed by atoms with E-state index < -0.39 is 24.0 Å². The lowest BCUT2D eigenvalue weighted by Crippen LogP contribution is -2.17. The van der Waals surface area contributed by atoms with Crippen LogP contribution in [0.25, 0.3) is 0 Å². The zero-order chi connectivity index (χ0) is 13.0. The summed E-state index contributed by atoms with van der Waals surface area (Å²) in [6, 6.07) is 4.54. The van der Waals surface area contributed by atoms with E-state index in [1.165, 1.54) is 12.1 Å². The van der Waals surface area contributed by atoms with Gasteiger partial charge in [0.15, 0.2) is 6.10 Å². The molecule has 5 nitrogen and oxygen atoms in total. The van der Waals surface area contributed by atoms with Crippen molar-refractivity contribution in [2.75, 3.05) is 7.11 Å². The van der Waals surface area contributed by atoms with Gasteiger partial charge in [-0.3, -0.25) is 0 Å². The van der Waals surface area contributed by atoms with Crippen LogP contribution in [0, 0.1) is 17.1 Å². The number of halogens is 1. The Morgan fingerprint density at radius 3 is 2.71 bits per heavy atom. The summed E-state index contributed by atoms with van der Waals surface area (Å²) >= 11 is 0. The first-order valence-corrected chi connectivity index (χ1v) is 4.64. The van der Waals surface area contributed by atoms with E-state index in [4.69, 9.17) is 10.4 Å². The molecule has 0 aliphatic carbocycles. The number of methoxy groups -OCH3 is 1. The van der Waals surface area contributed by atoms with Crippen molar-refractivity contribution in [2.24, 2.45) is 0 Å². The number of esters is 1. The largest absolute Gasteiger partial charge is 0.465 e. The zero-order valence-corrected chi connectivity index (χ0v) is 8.92. The molecule has 0 fully saturated rings. The van der Waals surface area contributed by atoms with Crippen LogP contribution in [0.15, 0.2) is 18.2 Å². The Bertz CT molecular complexity index is 469. The number of rotatable bonds is 3. The highest BCUT2D eigenvalue weighted by Gasteiger charge is 2.22. The number of aliphatic hydroxyl groups excluding tert-OH is 2. The van der Waals surface area contributed by atoms with Crippen LogP contribution in [0.3, 0.4) is 0 Å². The van der Waals surface area contributed by atoms with Crippen molar-refractivity contribution in [1.29, 1.82) is 5.26 Å². The molecule has 90 valence electrons. The van der Waals surface area contributed by atoms with E-state index in [0.717, 1.165) is 19.2 Å². The summed E-state index contributed by atoms with van der Waals surface area (Å²) in [5.41, 5.74) is -0.310. The third-order valence-electron chi connectivity index (χ3n) is 2.17. The minimum absolute atomic E-state index is 0.0214. The fourth-order valence-corrected chi connectivity index (χ4v) is 1.26. The lowest BCUT2D eigenvalue weighted by Gasteiger charge is -2.13. The standard InChI is InChI=1S/C11H10FNO4/c1-17-11(16)6-2-3-8(12)7(4-6)10(15)9(14)5-13/h2-4,9-10,14-15H,1H3. The second-order valence-corrected chi connectivity index (χ2v) is 3.25. The van der Waals surface area contributed by atoms with Crippen LogP contribution in [0.5, 0.6) is 0 Å². The maximum absolute atomic E-state index is 13.4. The third-order valence-corrected chi connectivity index (χ3v) is 2.17. The molecule has 0 aromatic heterocycles. The van der Waals surface area contributed by atoms with Crippen LogP contribution in [0.1, 0.15) is 22.0 Å². The number of nitrogens with zero attached hydrogens (tertiary/aromatic N) is 1. The van der Waals surface area contributed by atoms with Gasteiger partial charge in [0, 0.05) is 5.56 Å². The fourth-order valence-electron chi connectivity index (χ4n) is 1.26. The summed E-state index contributed by atoms with van der Waals surface area (Å²) in [6.07, 6.45) is -3.48. The molecule has 1 aromatic rings. The molecule has 0 saturated heterocycles. The van der Waals surface area contributed by atoms with Gasteiger partial charge in [-0.15, -0.1) is 0 Å². The molecule has 2 N–H and O–H groups in total. The molecular formula is C11H10FNO4. The summed E-state index contributed by atoms with van der Waals surface area (Å²) in [5.74, 6) is -1.52. The summed E-state index contributed by atoms with van der Waals surface area (Å²) in [7, 11) is 1.16. The van der Waals surface area contributed by atoms with E-state index in [-0.39, 0.29) is 11.1 Å². The van der Waals surface area contributed by atoms with E-state index in [1.54, 1.807) is 0 Å². The van der Waals surface area contributed by atoms with Crippen LogP contribution in [0.2, 0.25) is 0 Å². The molecule has 2 atom stereocenters. The van der Waals surface area contributed by atoms with E-state index >= 15 is 0 Å². The minimum atomic E-state index is -1.77. The number of nitriles is 1. The number of aliphatic hydroxyl groups is 2.